The number of rotatable bonds is 9. The summed E-state index contributed by atoms with van der Waals surface area (Å²) in [6.45, 7) is 0.344. The Hall–Kier alpha value is -3.05. The lowest BCUT2D eigenvalue weighted by atomic mass is 10.1. The molecule has 0 aliphatic rings. The Kier molecular flexibility index (Phi) is 7.75. The van der Waals surface area contributed by atoms with Crippen LogP contribution < -0.4 is 10.1 Å². The van der Waals surface area contributed by atoms with Gasteiger partial charge >= 0.3 is 6.18 Å². The Balaban J connectivity index is 1.65. The normalized spacial score (nSPS) is 11.4. The van der Waals surface area contributed by atoms with Crippen molar-refractivity contribution in [1.29, 1.82) is 0 Å². The topological polar surface area (TPSA) is 76.2 Å². The van der Waals surface area contributed by atoms with Gasteiger partial charge in [0.1, 0.15) is 18.2 Å². The largest absolute Gasteiger partial charge is 0.489 e. The molecule has 170 valence electrons. The molecule has 3 rings (SSSR count). The van der Waals surface area contributed by atoms with Crippen molar-refractivity contribution in [3.63, 3.8) is 0 Å². The Morgan fingerprint density at radius 1 is 1.16 bits per heavy atom. The number of hydrogen-bond acceptors (Lipinski definition) is 5. The fourth-order valence-corrected chi connectivity index (χ4v) is 3.29. The van der Waals surface area contributed by atoms with Gasteiger partial charge in [-0.15, -0.1) is 0 Å². The zero-order valence-electron chi connectivity index (χ0n) is 16.8. The van der Waals surface area contributed by atoms with Gasteiger partial charge in [-0.05, 0) is 48.0 Å². The van der Waals surface area contributed by atoms with Crippen LogP contribution in [0.4, 0.5) is 23.2 Å². The van der Waals surface area contributed by atoms with E-state index in [4.69, 9.17) is 9.47 Å². The summed E-state index contributed by atoms with van der Waals surface area (Å²) in [7, 11) is 1.46. The molecule has 0 radical (unpaired) electrons. The van der Waals surface area contributed by atoms with Gasteiger partial charge in [-0.2, -0.15) is 13.2 Å². The first-order valence-electron chi connectivity index (χ1n) is 9.33. The first-order valence-corrected chi connectivity index (χ1v) is 10.3. The molecule has 0 fully saturated rings. The zero-order chi connectivity index (χ0) is 23.1. The predicted octanol–water partition coefficient (Wildman–Crippen LogP) is 4.99. The fraction of sp³-hybridized carbons (Fsp3) is 0.238. The van der Waals surface area contributed by atoms with Crippen LogP contribution in [0.25, 0.3) is 11.3 Å². The number of halogens is 4. The summed E-state index contributed by atoms with van der Waals surface area (Å²) in [5.41, 5.74) is 0.360. The number of aromatic nitrogens is 2. The van der Waals surface area contributed by atoms with E-state index in [2.05, 4.69) is 15.3 Å². The first kappa shape index (κ1) is 23.6. The molecule has 0 saturated carbocycles. The molecule has 3 aromatic rings. The van der Waals surface area contributed by atoms with Gasteiger partial charge in [0.2, 0.25) is 5.91 Å². The van der Waals surface area contributed by atoms with Crippen LogP contribution in [0, 0.1) is 5.82 Å². The summed E-state index contributed by atoms with van der Waals surface area (Å²) in [4.78, 5) is 19.5. The highest BCUT2D eigenvalue weighted by atomic mass is 32.2. The van der Waals surface area contributed by atoms with Gasteiger partial charge in [-0.25, -0.2) is 9.37 Å². The maximum absolute atomic E-state index is 13.1. The number of amides is 1. The molecule has 1 heterocycles. The lowest BCUT2D eigenvalue weighted by molar-refractivity contribution is -0.137. The molecule has 11 heteroatoms. The summed E-state index contributed by atoms with van der Waals surface area (Å²) in [5.74, 6) is -0.903. The van der Waals surface area contributed by atoms with Crippen LogP contribution in [0.3, 0.4) is 0 Å². The minimum Gasteiger partial charge on any atom is -0.489 e. The summed E-state index contributed by atoms with van der Waals surface area (Å²) >= 11 is 1.07. The van der Waals surface area contributed by atoms with Crippen LogP contribution in [-0.4, -0.2) is 42.0 Å². The zero-order valence-corrected chi connectivity index (χ0v) is 17.6. The number of imidazole rings is 1. The molecule has 0 aliphatic carbocycles. The highest BCUT2D eigenvalue weighted by molar-refractivity contribution is 7.99. The van der Waals surface area contributed by atoms with E-state index >= 15 is 0 Å². The molecule has 0 saturated heterocycles. The maximum atomic E-state index is 13.1. The van der Waals surface area contributed by atoms with Crippen molar-refractivity contribution in [2.24, 2.45) is 0 Å². The summed E-state index contributed by atoms with van der Waals surface area (Å²) in [5, 5.41) is 2.89. The van der Waals surface area contributed by atoms with E-state index in [9.17, 15) is 22.4 Å². The number of carbonyl (C=O) groups is 1. The van der Waals surface area contributed by atoms with Crippen molar-refractivity contribution in [2.75, 3.05) is 31.4 Å². The smallest absolute Gasteiger partial charge is 0.416 e. The number of anilines is 1. The second kappa shape index (κ2) is 10.5. The minimum atomic E-state index is -4.57. The standard InChI is InChI=1S/C21H19F4N3O3S/c1-30-8-9-31-18-7-4-14(21(23,24)25)10-16(18)27-19(29)12-32-20-26-11-17(28-20)13-2-5-15(22)6-3-13/h2-7,10-11H,8-9,12H2,1H3,(H,26,28)(H,27,29). The van der Waals surface area contributed by atoms with E-state index in [0.717, 1.165) is 35.5 Å². The van der Waals surface area contributed by atoms with Crippen molar-refractivity contribution in [1.82, 2.24) is 9.97 Å². The molecule has 6 nitrogen and oxygen atoms in total. The summed E-state index contributed by atoms with van der Waals surface area (Å²) in [6.07, 6.45) is -3.02. The fourth-order valence-electron chi connectivity index (χ4n) is 2.64. The van der Waals surface area contributed by atoms with Crippen molar-refractivity contribution in [3.05, 3.63) is 60.0 Å². The molecular weight excluding hydrogens is 450 g/mol. The highest BCUT2D eigenvalue weighted by Crippen LogP contribution is 2.35. The number of thioether (sulfide) groups is 1. The second-order valence-electron chi connectivity index (χ2n) is 6.50. The van der Waals surface area contributed by atoms with E-state index < -0.39 is 17.6 Å². The van der Waals surface area contributed by atoms with Crippen molar-refractivity contribution in [3.8, 4) is 17.0 Å². The van der Waals surface area contributed by atoms with Crippen LogP contribution in [0.1, 0.15) is 5.56 Å². The van der Waals surface area contributed by atoms with Gasteiger partial charge in [0, 0.05) is 7.11 Å². The summed E-state index contributed by atoms with van der Waals surface area (Å²) < 4.78 is 62.5. The number of nitrogens with one attached hydrogen (secondary N) is 2. The molecule has 0 unspecified atom stereocenters. The Morgan fingerprint density at radius 3 is 2.59 bits per heavy atom. The van der Waals surface area contributed by atoms with E-state index in [1.54, 1.807) is 18.3 Å². The van der Waals surface area contributed by atoms with Crippen molar-refractivity contribution in [2.45, 2.75) is 11.3 Å². The van der Waals surface area contributed by atoms with Crippen LogP contribution in [0.15, 0.2) is 53.8 Å². The molecule has 0 aliphatic heterocycles. The number of methoxy groups -OCH3 is 1. The average molecular weight is 469 g/mol. The number of aromatic amines is 1. The first-order chi connectivity index (χ1) is 15.3. The van der Waals surface area contributed by atoms with E-state index in [1.807, 2.05) is 0 Å². The van der Waals surface area contributed by atoms with Gasteiger partial charge in [-0.3, -0.25) is 4.79 Å². The summed E-state index contributed by atoms with van der Waals surface area (Å²) in [6, 6.07) is 8.67. The van der Waals surface area contributed by atoms with Gasteiger partial charge in [-0.1, -0.05) is 11.8 Å². The van der Waals surface area contributed by atoms with E-state index in [0.29, 0.717) is 10.9 Å². The predicted molar refractivity (Wildman–Crippen MR) is 112 cm³/mol. The Labute approximate surface area is 185 Å². The molecule has 1 aromatic heterocycles. The highest BCUT2D eigenvalue weighted by Gasteiger charge is 2.31. The molecule has 0 spiro atoms. The molecule has 1 amide bonds. The second-order valence-corrected chi connectivity index (χ2v) is 7.46. The van der Waals surface area contributed by atoms with Crippen LogP contribution >= 0.6 is 11.8 Å². The third kappa shape index (κ3) is 6.47. The lowest BCUT2D eigenvalue weighted by Crippen LogP contribution is -2.17. The molecule has 0 atom stereocenters. The van der Waals surface area contributed by atoms with Crippen LogP contribution in [-0.2, 0) is 15.7 Å². The van der Waals surface area contributed by atoms with Crippen molar-refractivity contribution >= 4 is 23.4 Å². The van der Waals surface area contributed by atoms with E-state index in [-0.39, 0.29) is 36.2 Å². The monoisotopic (exact) mass is 469 g/mol. The number of nitrogens with zero attached hydrogens (tertiary/aromatic N) is 1. The van der Waals surface area contributed by atoms with Crippen LogP contribution in [0.5, 0.6) is 5.75 Å². The van der Waals surface area contributed by atoms with Crippen molar-refractivity contribution < 1.29 is 31.8 Å². The molecule has 2 aromatic carbocycles. The van der Waals surface area contributed by atoms with Gasteiger partial charge in [0.25, 0.3) is 0 Å². The third-order valence-electron chi connectivity index (χ3n) is 4.17. The van der Waals surface area contributed by atoms with E-state index in [1.165, 1.54) is 19.2 Å². The number of hydrogen-bond donors (Lipinski definition) is 2. The quantitative estimate of drug-likeness (QED) is 0.262. The average Bonchev–Trinajstić information content (AvgIpc) is 3.22. The molecule has 32 heavy (non-hydrogen) atoms. The lowest BCUT2D eigenvalue weighted by Gasteiger charge is -2.15. The Bertz CT molecular complexity index is 1060. The number of H-pyrrole nitrogens is 1. The Morgan fingerprint density at radius 2 is 1.91 bits per heavy atom. The SMILES string of the molecule is COCCOc1ccc(C(F)(F)F)cc1NC(=O)CSc1ncc(-c2ccc(F)cc2)[nH]1. The minimum absolute atomic E-state index is 0.0898. The number of carbonyl (C=O) groups excluding carboxylic acids is 1. The maximum Gasteiger partial charge on any atom is 0.416 e. The molecule has 2 N–H and O–H groups in total. The van der Waals surface area contributed by atoms with Gasteiger partial charge in [0.15, 0.2) is 5.16 Å². The molecular formula is C21H19F4N3O3S. The number of alkyl halides is 3. The van der Waals surface area contributed by atoms with Gasteiger partial charge < -0.3 is 19.8 Å². The number of ether oxygens (including phenoxy) is 2. The molecule has 0 bridgehead atoms. The van der Waals surface area contributed by atoms with Crippen LogP contribution in [0.2, 0.25) is 0 Å². The third-order valence-corrected chi connectivity index (χ3v) is 5.06. The van der Waals surface area contributed by atoms with Gasteiger partial charge in [0.05, 0.1) is 35.5 Å². The number of benzene rings is 2.